The van der Waals surface area contributed by atoms with Crippen molar-refractivity contribution in [3.05, 3.63) is 41.5 Å². The topological polar surface area (TPSA) is 31.0 Å². The van der Waals surface area contributed by atoms with Crippen molar-refractivity contribution >= 4 is 26.8 Å². The number of para-hydroxylation sites is 1. The van der Waals surface area contributed by atoms with Gasteiger partial charge in [-0.2, -0.15) is 0 Å². The van der Waals surface area contributed by atoms with Gasteiger partial charge in [0.1, 0.15) is 0 Å². The number of fused-ring (bicyclic) bond motifs is 1. The molecule has 3 rings (SSSR count). The van der Waals surface area contributed by atoms with Gasteiger partial charge < -0.3 is 8.98 Å². The first-order chi connectivity index (χ1) is 8.31. The van der Waals surface area contributed by atoms with Crippen LogP contribution in [0.4, 0.5) is 0 Å². The zero-order chi connectivity index (χ0) is 11.8. The van der Waals surface area contributed by atoms with Gasteiger partial charge in [-0.05, 0) is 28.9 Å². The second-order valence-electron chi connectivity index (χ2n) is 3.82. The van der Waals surface area contributed by atoms with E-state index in [2.05, 4.69) is 50.7 Å². The van der Waals surface area contributed by atoms with E-state index in [0.717, 1.165) is 22.5 Å². The lowest BCUT2D eigenvalue weighted by Gasteiger charge is -1.97. The predicted molar refractivity (Wildman–Crippen MR) is 70.8 cm³/mol. The molecule has 0 aliphatic carbocycles. The Morgan fingerprint density at radius 1 is 1.35 bits per heavy atom. The predicted octanol–water partition coefficient (Wildman–Crippen LogP) is 4.08. The zero-order valence-electron chi connectivity index (χ0n) is 9.35. The molecule has 0 saturated carbocycles. The Kier molecular flexibility index (Phi) is 2.52. The molecule has 2 heterocycles. The summed E-state index contributed by atoms with van der Waals surface area (Å²) in [6.07, 6.45) is 3.56. The van der Waals surface area contributed by atoms with Crippen molar-refractivity contribution in [1.29, 1.82) is 0 Å². The summed E-state index contributed by atoms with van der Waals surface area (Å²) in [6.45, 7) is 3.07. The third kappa shape index (κ3) is 1.60. The van der Waals surface area contributed by atoms with E-state index in [1.54, 1.807) is 0 Å². The van der Waals surface area contributed by atoms with Crippen LogP contribution >= 0.6 is 15.9 Å². The summed E-state index contributed by atoms with van der Waals surface area (Å²) in [5, 5.41) is 1.19. The average Bonchev–Trinajstić information content (AvgIpc) is 2.92. The van der Waals surface area contributed by atoms with E-state index in [4.69, 9.17) is 4.42 Å². The number of aromatic nitrogens is 2. The van der Waals surface area contributed by atoms with E-state index in [-0.39, 0.29) is 0 Å². The number of oxazole rings is 1. The Hall–Kier alpha value is -1.55. The first-order valence-corrected chi connectivity index (χ1v) is 6.27. The molecule has 0 spiro atoms. The van der Waals surface area contributed by atoms with Crippen molar-refractivity contribution in [1.82, 2.24) is 9.55 Å². The number of hydrogen-bond acceptors (Lipinski definition) is 2. The maximum atomic E-state index is 5.44. The van der Waals surface area contributed by atoms with Crippen LogP contribution in [-0.2, 0) is 6.54 Å². The Morgan fingerprint density at radius 2 is 2.18 bits per heavy atom. The summed E-state index contributed by atoms with van der Waals surface area (Å²) in [5.41, 5.74) is 2.29. The van der Waals surface area contributed by atoms with E-state index in [1.807, 2.05) is 12.1 Å². The summed E-state index contributed by atoms with van der Waals surface area (Å²) in [6, 6.07) is 8.31. The third-order valence-electron chi connectivity index (χ3n) is 2.90. The van der Waals surface area contributed by atoms with Crippen LogP contribution in [0.5, 0.6) is 0 Å². The highest BCUT2D eigenvalue weighted by molar-refractivity contribution is 9.10. The maximum Gasteiger partial charge on any atom is 0.182 e. The fraction of sp³-hybridized carbons (Fsp3) is 0.154. The van der Waals surface area contributed by atoms with E-state index < -0.39 is 0 Å². The second-order valence-corrected chi connectivity index (χ2v) is 4.57. The molecule has 4 heteroatoms. The quantitative estimate of drug-likeness (QED) is 0.712. The molecule has 0 fully saturated rings. The lowest BCUT2D eigenvalue weighted by Crippen LogP contribution is -1.89. The van der Waals surface area contributed by atoms with E-state index in [9.17, 15) is 0 Å². The third-order valence-corrected chi connectivity index (χ3v) is 3.46. The summed E-state index contributed by atoms with van der Waals surface area (Å²) in [5.74, 6) is 0.786. The number of nitrogens with zero attached hydrogens (tertiary/aromatic N) is 2. The largest absolute Gasteiger partial charge is 0.442 e. The smallest absolute Gasteiger partial charge is 0.182 e. The van der Waals surface area contributed by atoms with Gasteiger partial charge in [0.25, 0.3) is 0 Å². The number of rotatable bonds is 2. The molecule has 0 saturated heterocycles. The standard InChI is InChI=1S/C13H11BrN2O/c1-2-16-7-10(12-13(14)15-8-17-12)9-5-3-4-6-11(9)16/h3-8H,2H2,1H3. The first kappa shape index (κ1) is 10.6. The van der Waals surface area contributed by atoms with Crippen molar-refractivity contribution in [3.63, 3.8) is 0 Å². The van der Waals surface area contributed by atoms with Gasteiger partial charge in [-0.1, -0.05) is 18.2 Å². The summed E-state index contributed by atoms with van der Waals surface area (Å²) in [4.78, 5) is 4.08. The van der Waals surface area contributed by atoms with E-state index >= 15 is 0 Å². The van der Waals surface area contributed by atoms with Crippen LogP contribution in [0.25, 0.3) is 22.2 Å². The Labute approximate surface area is 107 Å². The van der Waals surface area contributed by atoms with Crippen LogP contribution in [0.2, 0.25) is 0 Å². The summed E-state index contributed by atoms with van der Waals surface area (Å²) in [7, 11) is 0. The molecule has 0 atom stereocenters. The maximum absolute atomic E-state index is 5.44. The lowest BCUT2D eigenvalue weighted by atomic mass is 10.1. The van der Waals surface area contributed by atoms with Crippen molar-refractivity contribution in [2.45, 2.75) is 13.5 Å². The van der Waals surface area contributed by atoms with Crippen molar-refractivity contribution in [2.75, 3.05) is 0 Å². The SMILES string of the molecule is CCn1cc(-c2ocnc2Br)c2ccccc21. The fourth-order valence-electron chi connectivity index (χ4n) is 2.10. The fourth-order valence-corrected chi connectivity index (χ4v) is 2.49. The Morgan fingerprint density at radius 3 is 2.88 bits per heavy atom. The first-order valence-electron chi connectivity index (χ1n) is 5.48. The van der Waals surface area contributed by atoms with Gasteiger partial charge in [0, 0.05) is 29.2 Å². The number of hydrogen-bond donors (Lipinski definition) is 0. The molecule has 0 unspecified atom stereocenters. The molecule has 3 nitrogen and oxygen atoms in total. The van der Waals surface area contributed by atoms with E-state index in [0.29, 0.717) is 0 Å². The van der Waals surface area contributed by atoms with Crippen molar-refractivity contribution in [3.8, 4) is 11.3 Å². The molecule has 86 valence electrons. The molecular formula is C13H11BrN2O. The van der Waals surface area contributed by atoms with Crippen LogP contribution in [-0.4, -0.2) is 9.55 Å². The van der Waals surface area contributed by atoms with Crippen LogP contribution in [0.15, 0.2) is 45.9 Å². The molecule has 0 bridgehead atoms. The minimum atomic E-state index is 0.747. The van der Waals surface area contributed by atoms with Gasteiger partial charge in [0.15, 0.2) is 16.8 Å². The molecule has 0 aliphatic heterocycles. The molecule has 17 heavy (non-hydrogen) atoms. The second kappa shape index (κ2) is 4.04. The molecule has 0 aliphatic rings. The van der Waals surface area contributed by atoms with Crippen LogP contribution < -0.4 is 0 Å². The Balaban J connectivity index is 2.34. The molecule has 2 aromatic heterocycles. The normalized spacial score (nSPS) is 11.2. The molecule has 0 radical (unpaired) electrons. The highest BCUT2D eigenvalue weighted by Gasteiger charge is 2.14. The van der Waals surface area contributed by atoms with E-state index in [1.165, 1.54) is 17.3 Å². The number of benzene rings is 1. The Bertz CT molecular complexity index is 669. The highest BCUT2D eigenvalue weighted by Crippen LogP contribution is 2.34. The van der Waals surface area contributed by atoms with Crippen LogP contribution in [0.3, 0.4) is 0 Å². The van der Waals surface area contributed by atoms with Gasteiger partial charge in [0.05, 0.1) is 0 Å². The molecule has 0 N–H and O–H groups in total. The van der Waals surface area contributed by atoms with Gasteiger partial charge >= 0.3 is 0 Å². The molecule has 3 aromatic rings. The minimum Gasteiger partial charge on any atom is -0.442 e. The summed E-state index contributed by atoms with van der Waals surface area (Å²) >= 11 is 3.41. The zero-order valence-corrected chi connectivity index (χ0v) is 10.9. The number of halogens is 1. The van der Waals surface area contributed by atoms with Crippen molar-refractivity contribution in [2.24, 2.45) is 0 Å². The number of aryl methyl sites for hydroxylation is 1. The van der Waals surface area contributed by atoms with Crippen LogP contribution in [0, 0.1) is 0 Å². The summed E-state index contributed by atoms with van der Waals surface area (Å²) < 4.78 is 8.40. The van der Waals surface area contributed by atoms with Crippen molar-refractivity contribution < 1.29 is 4.42 Å². The van der Waals surface area contributed by atoms with Gasteiger partial charge in [-0.15, -0.1) is 0 Å². The molecular weight excluding hydrogens is 280 g/mol. The molecule has 1 aromatic carbocycles. The van der Waals surface area contributed by atoms with Gasteiger partial charge in [0.2, 0.25) is 0 Å². The van der Waals surface area contributed by atoms with Crippen LogP contribution in [0.1, 0.15) is 6.92 Å². The molecule has 0 amide bonds. The minimum absolute atomic E-state index is 0.747. The van der Waals surface area contributed by atoms with Gasteiger partial charge in [-0.25, -0.2) is 4.98 Å². The average molecular weight is 291 g/mol. The van der Waals surface area contributed by atoms with Gasteiger partial charge in [-0.3, -0.25) is 0 Å². The lowest BCUT2D eigenvalue weighted by molar-refractivity contribution is 0.571. The highest BCUT2D eigenvalue weighted by atomic mass is 79.9. The monoisotopic (exact) mass is 290 g/mol.